The predicted molar refractivity (Wildman–Crippen MR) is 137 cm³/mol. The number of aliphatic hydroxyl groups is 1. The first-order chi connectivity index (χ1) is 16.5. The van der Waals surface area contributed by atoms with Gasteiger partial charge in [0.05, 0.1) is 18.7 Å². The number of carbonyl (C=O) groups is 1. The zero-order chi connectivity index (χ0) is 24.1. The molecule has 1 N–H and O–H groups in total. The average molecular weight is 479 g/mol. The summed E-state index contributed by atoms with van der Waals surface area (Å²) in [6.45, 7) is 8.66. The number of likely N-dealkylation sites (N-methyl/N-ethyl adjacent to an activating group) is 1. The second-order valence-corrected chi connectivity index (χ2v) is 9.99. The monoisotopic (exact) mass is 478 g/mol. The molecule has 2 aromatic carbocycles. The molecule has 1 aromatic heterocycles. The highest BCUT2D eigenvalue weighted by Crippen LogP contribution is 2.34. The SMILES string of the molecule is CCN(CC(=O)N1CCc2sccc2[C@H]1COc1ccc(C)cc1C)C[C@H](O)c1ccccc1. The van der Waals surface area contributed by atoms with Gasteiger partial charge in [-0.1, -0.05) is 55.0 Å². The van der Waals surface area contributed by atoms with Crippen molar-refractivity contribution in [3.8, 4) is 5.75 Å². The number of fused-ring (bicyclic) bond motifs is 1. The number of rotatable bonds is 9. The van der Waals surface area contributed by atoms with Gasteiger partial charge in [-0.25, -0.2) is 0 Å². The van der Waals surface area contributed by atoms with Crippen LogP contribution in [-0.4, -0.2) is 53.6 Å². The van der Waals surface area contributed by atoms with E-state index in [4.69, 9.17) is 4.74 Å². The Morgan fingerprint density at radius 3 is 2.74 bits per heavy atom. The summed E-state index contributed by atoms with van der Waals surface area (Å²) >= 11 is 1.76. The molecule has 2 atom stereocenters. The first kappa shape index (κ1) is 24.5. The molecule has 180 valence electrons. The molecule has 5 nitrogen and oxygen atoms in total. The van der Waals surface area contributed by atoms with E-state index in [0.29, 0.717) is 26.2 Å². The van der Waals surface area contributed by atoms with Crippen molar-refractivity contribution in [2.24, 2.45) is 0 Å². The molecule has 34 heavy (non-hydrogen) atoms. The maximum Gasteiger partial charge on any atom is 0.237 e. The molecule has 0 radical (unpaired) electrons. The summed E-state index contributed by atoms with van der Waals surface area (Å²) in [5, 5.41) is 12.8. The minimum atomic E-state index is -0.623. The van der Waals surface area contributed by atoms with Crippen LogP contribution < -0.4 is 4.74 Å². The fourth-order valence-corrected chi connectivity index (χ4v) is 5.55. The maximum absolute atomic E-state index is 13.5. The minimum absolute atomic E-state index is 0.0770. The van der Waals surface area contributed by atoms with Gasteiger partial charge < -0.3 is 14.7 Å². The smallest absolute Gasteiger partial charge is 0.237 e. The van der Waals surface area contributed by atoms with Gasteiger partial charge in [0.15, 0.2) is 0 Å². The van der Waals surface area contributed by atoms with Gasteiger partial charge in [0, 0.05) is 18.0 Å². The van der Waals surface area contributed by atoms with Crippen LogP contribution in [0.3, 0.4) is 0 Å². The van der Waals surface area contributed by atoms with Crippen LogP contribution in [-0.2, 0) is 11.2 Å². The van der Waals surface area contributed by atoms with Crippen LogP contribution in [0.5, 0.6) is 5.75 Å². The molecule has 1 aliphatic heterocycles. The zero-order valence-electron chi connectivity index (χ0n) is 20.2. The highest BCUT2D eigenvalue weighted by molar-refractivity contribution is 7.10. The third-order valence-corrected chi connectivity index (χ3v) is 7.56. The normalized spacial score (nSPS) is 16.4. The first-order valence-corrected chi connectivity index (χ1v) is 12.9. The van der Waals surface area contributed by atoms with Gasteiger partial charge >= 0.3 is 0 Å². The summed E-state index contributed by atoms with van der Waals surface area (Å²) in [5.74, 6) is 0.940. The highest BCUT2D eigenvalue weighted by atomic mass is 32.1. The Hall–Kier alpha value is -2.67. The van der Waals surface area contributed by atoms with E-state index in [-0.39, 0.29) is 18.5 Å². The van der Waals surface area contributed by atoms with Gasteiger partial charge in [0.1, 0.15) is 12.4 Å². The topological polar surface area (TPSA) is 53.0 Å². The summed E-state index contributed by atoms with van der Waals surface area (Å²) in [4.78, 5) is 18.8. The molecule has 0 unspecified atom stereocenters. The van der Waals surface area contributed by atoms with Crippen molar-refractivity contribution in [3.05, 3.63) is 87.1 Å². The van der Waals surface area contributed by atoms with E-state index in [2.05, 4.69) is 37.4 Å². The second-order valence-electron chi connectivity index (χ2n) is 8.99. The molecule has 2 heterocycles. The third kappa shape index (κ3) is 5.69. The molecule has 0 fully saturated rings. The van der Waals surface area contributed by atoms with E-state index in [1.165, 1.54) is 16.0 Å². The number of ether oxygens (including phenoxy) is 1. The van der Waals surface area contributed by atoms with E-state index < -0.39 is 6.10 Å². The van der Waals surface area contributed by atoms with Gasteiger partial charge in [-0.2, -0.15) is 0 Å². The van der Waals surface area contributed by atoms with Gasteiger partial charge in [-0.15, -0.1) is 11.3 Å². The molecule has 6 heteroatoms. The lowest BCUT2D eigenvalue weighted by molar-refractivity contribution is -0.136. The van der Waals surface area contributed by atoms with Crippen LogP contribution in [0.15, 0.2) is 60.0 Å². The Morgan fingerprint density at radius 1 is 1.21 bits per heavy atom. The number of hydrogen-bond acceptors (Lipinski definition) is 5. The lowest BCUT2D eigenvalue weighted by atomic mass is 10.00. The van der Waals surface area contributed by atoms with E-state index in [1.807, 2.05) is 53.1 Å². The zero-order valence-corrected chi connectivity index (χ0v) is 21.1. The molecule has 0 bridgehead atoms. The molecule has 1 amide bonds. The van der Waals surface area contributed by atoms with Crippen LogP contribution in [0.25, 0.3) is 0 Å². The standard InChI is InChI=1S/C28H34N2O3S/c1-4-29(17-25(31)22-8-6-5-7-9-22)18-28(32)30-14-12-27-23(13-15-34-27)24(30)19-33-26-11-10-20(2)16-21(26)3/h5-11,13,15-16,24-25,31H,4,12,14,17-19H2,1-3H3/t24-,25+/m1/s1. The van der Waals surface area contributed by atoms with Crippen LogP contribution in [0.2, 0.25) is 0 Å². The van der Waals surface area contributed by atoms with Crippen molar-refractivity contribution in [1.82, 2.24) is 9.80 Å². The van der Waals surface area contributed by atoms with E-state index >= 15 is 0 Å². The van der Waals surface area contributed by atoms with Gasteiger partial charge in [0.25, 0.3) is 0 Å². The number of aliphatic hydroxyl groups excluding tert-OH is 1. The van der Waals surface area contributed by atoms with Crippen LogP contribution in [0, 0.1) is 13.8 Å². The number of hydrogen-bond donors (Lipinski definition) is 1. The molecule has 0 saturated heterocycles. The minimum Gasteiger partial charge on any atom is -0.491 e. The Balaban J connectivity index is 1.46. The van der Waals surface area contributed by atoms with Gasteiger partial charge in [0.2, 0.25) is 5.91 Å². The molecular formula is C28H34N2O3S. The Bertz CT molecular complexity index is 1100. The summed E-state index contributed by atoms with van der Waals surface area (Å²) in [7, 11) is 0. The third-order valence-electron chi connectivity index (χ3n) is 6.56. The fraction of sp³-hybridized carbons (Fsp3) is 0.393. The first-order valence-electron chi connectivity index (χ1n) is 12.0. The predicted octanol–water partition coefficient (Wildman–Crippen LogP) is 4.93. The van der Waals surface area contributed by atoms with E-state index in [1.54, 1.807) is 11.3 Å². The number of thiophene rings is 1. The summed E-state index contributed by atoms with van der Waals surface area (Å²) in [6.07, 6.45) is 0.250. The van der Waals surface area contributed by atoms with Gasteiger partial charge in [-0.05, 0) is 61.0 Å². The van der Waals surface area contributed by atoms with Crippen LogP contribution >= 0.6 is 11.3 Å². The van der Waals surface area contributed by atoms with Crippen molar-refractivity contribution >= 4 is 17.2 Å². The largest absolute Gasteiger partial charge is 0.491 e. The van der Waals surface area contributed by atoms with Crippen molar-refractivity contribution < 1.29 is 14.6 Å². The van der Waals surface area contributed by atoms with E-state index in [9.17, 15) is 9.90 Å². The number of nitrogens with zero attached hydrogens (tertiary/aromatic N) is 2. The van der Waals surface area contributed by atoms with Crippen molar-refractivity contribution in [1.29, 1.82) is 0 Å². The molecule has 0 spiro atoms. The molecule has 1 aliphatic rings. The molecule has 0 saturated carbocycles. The highest BCUT2D eigenvalue weighted by Gasteiger charge is 2.33. The van der Waals surface area contributed by atoms with Crippen molar-refractivity contribution in [2.45, 2.75) is 39.3 Å². The number of amides is 1. The Morgan fingerprint density at radius 2 is 2.00 bits per heavy atom. The quantitative estimate of drug-likeness (QED) is 0.474. The average Bonchev–Trinajstić information content (AvgIpc) is 3.32. The Kier molecular flexibility index (Phi) is 8.03. The number of benzene rings is 2. The molecule has 4 rings (SSSR count). The number of carbonyl (C=O) groups excluding carboxylic acids is 1. The molecular weight excluding hydrogens is 444 g/mol. The maximum atomic E-state index is 13.5. The second kappa shape index (κ2) is 11.2. The van der Waals surface area contributed by atoms with Crippen molar-refractivity contribution in [3.63, 3.8) is 0 Å². The summed E-state index contributed by atoms with van der Waals surface area (Å²) in [6, 6.07) is 17.8. The van der Waals surface area contributed by atoms with Crippen LogP contribution in [0.1, 0.15) is 46.2 Å². The lowest BCUT2D eigenvalue weighted by Gasteiger charge is -2.37. The van der Waals surface area contributed by atoms with Gasteiger partial charge in [-0.3, -0.25) is 9.69 Å². The van der Waals surface area contributed by atoms with E-state index in [0.717, 1.165) is 23.3 Å². The summed E-state index contributed by atoms with van der Waals surface area (Å²) in [5.41, 5.74) is 4.37. The fourth-order valence-electron chi connectivity index (χ4n) is 4.62. The number of aryl methyl sites for hydroxylation is 2. The molecule has 0 aliphatic carbocycles. The van der Waals surface area contributed by atoms with Crippen molar-refractivity contribution in [2.75, 3.05) is 32.8 Å². The van der Waals surface area contributed by atoms with Crippen LogP contribution in [0.4, 0.5) is 0 Å². The summed E-state index contributed by atoms with van der Waals surface area (Å²) < 4.78 is 6.25. The lowest BCUT2D eigenvalue weighted by Crippen LogP contribution is -2.47. The molecule has 3 aromatic rings. The Labute approximate surface area is 206 Å².